The molecule has 0 bridgehead atoms. The van der Waals surface area contributed by atoms with E-state index in [1.54, 1.807) is 6.07 Å². The zero-order valence-corrected chi connectivity index (χ0v) is 11.1. The molecule has 2 heterocycles. The number of aromatic nitrogens is 4. The second kappa shape index (κ2) is 4.93. The molecule has 0 atom stereocenters. The Morgan fingerprint density at radius 2 is 1.87 bits per heavy atom. The lowest BCUT2D eigenvalue weighted by Crippen LogP contribution is -2.20. The van der Waals surface area contributed by atoms with Crippen molar-refractivity contribution in [1.82, 2.24) is 20.4 Å². The number of nitrogens with zero attached hydrogens (tertiary/aromatic N) is 2. The van der Waals surface area contributed by atoms with Gasteiger partial charge in [-0.25, -0.2) is 4.79 Å². The van der Waals surface area contributed by atoms with Crippen LogP contribution in [-0.4, -0.2) is 31.5 Å². The van der Waals surface area contributed by atoms with E-state index in [1.807, 2.05) is 5.21 Å². The van der Waals surface area contributed by atoms with Crippen LogP contribution in [0.1, 0.15) is 16.1 Å². The molecule has 10 heteroatoms. The number of aromatic carboxylic acids is 1. The molecule has 0 radical (unpaired) electrons. The quantitative estimate of drug-likeness (QED) is 0.668. The molecular weight excluding hydrogens is 317 g/mol. The summed E-state index contributed by atoms with van der Waals surface area (Å²) in [7, 11) is 0. The summed E-state index contributed by atoms with van der Waals surface area (Å²) in [6.45, 7) is 0. The van der Waals surface area contributed by atoms with E-state index >= 15 is 0 Å². The third-order valence-electron chi connectivity index (χ3n) is 3.19. The molecule has 118 valence electrons. The minimum absolute atomic E-state index is 0.115. The fraction of sp³-hybridized carbons (Fsp3) is 0.0769. The van der Waals surface area contributed by atoms with Crippen LogP contribution in [0, 0.1) is 0 Å². The van der Waals surface area contributed by atoms with Crippen molar-refractivity contribution in [3.63, 3.8) is 0 Å². The van der Waals surface area contributed by atoms with Crippen molar-refractivity contribution in [2.24, 2.45) is 0 Å². The zero-order valence-electron chi connectivity index (χ0n) is 11.1. The van der Waals surface area contributed by atoms with Gasteiger partial charge in [0.1, 0.15) is 11.3 Å². The van der Waals surface area contributed by atoms with E-state index in [9.17, 15) is 27.9 Å². The number of hydrogen-bond acceptors (Lipinski definition) is 4. The van der Waals surface area contributed by atoms with Gasteiger partial charge in [-0.15, -0.1) is 0 Å². The van der Waals surface area contributed by atoms with Crippen molar-refractivity contribution >= 4 is 16.9 Å². The van der Waals surface area contributed by atoms with Crippen LogP contribution in [0.15, 0.2) is 29.1 Å². The maximum Gasteiger partial charge on any atom is 0.437 e. The minimum Gasteiger partial charge on any atom is -0.477 e. The predicted molar refractivity (Wildman–Crippen MR) is 71.9 cm³/mol. The molecule has 7 nitrogen and oxygen atoms in total. The number of para-hydroxylation sites is 1. The number of H-pyrrole nitrogens is 2. The Morgan fingerprint density at radius 1 is 1.17 bits per heavy atom. The lowest BCUT2D eigenvalue weighted by atomic mass is 9.99. The van der Waals surface area contributed by atoms with Gasteiger partial charge in [-0.05, 0) is 6.07 Å². The predicted octanol–water partition coefficient (Wildman–Crippen LogP) is 2.03. The van der Waals surface area contributed by atoms with Gasteiger partial charge in [-0.3, -0.25) is 4.79 Å². The lowest BCUT2D eigenvalue weighted by Gasteiger charge is -2.10. The first kappa shape index (κ1) is 14.8. The van der Waals surface area contributed by atoms with Gasteiger partial charge in [0.05, 0.1) is 0 Å². The molecule has 2 aromatic heterocycles. The lowest BCUT2D eigenvalue weighted by molar-refractivity contribution is -0.140. The number of carboxylic acids is 1. The number of fused-ring (bicyclic) bond motifs is 1. The van der Waals surface area contributed by atoms with E-state index in [4.69, 9.17) is 0 Å². The van der Waals surface area contributed by atoms with E-state index in [-0.39, 0.29) is 10.9 Å². The Labute approximate surface area is 124 Å². The number of pyridine rings is 1. The van der Waals surface area contributed by atoms with Crippen LogP contribution in [0.5, 0.6) is 0 Å². The van der Waals surface area contributed by atoms with Gasteiger partial charge in [0.2, 0.25) is 0 Å². The van der Waals surface area contributed by atoms with Gasteiger partial charge in [-0.2, -0.15) is 28.6 Å². The van der Waals surface area contributed by atoms with Gasteiger partial charge in [0, 0.05) is 16.5 Å². The Morgan fingerprint density at radius 3 is 2.52 bits per heavy atom. The summed E-state index contributed by atoms with van der Waals surface area (Å²) in [5.41, 5.74) is -4.23. The molecule has 0 spiro atoms. The van der Waals surface area contributed by atoms with Gasteiger partial charge < -0.3 is 10.1 Å². The van der Waals surface area contributed by atoms with E-state index in [0.717, 1.165) is 0 Å². The minimum atomic E-state index is -4.86. The highest BCUT2D eigenvalue weighted by atomic mass is 19.4. The summed E-state index contributed by atoms with van der Waals surface area (Å²) in [4.78, 5) is 25.7. The molecule has 0 unspecified atom stereocenters. The van der Waals surface area contributed by atoms with Crippen LogP contribution in [0.25, 0.3) is 22.2 Å². The molecule has 1 aromatic carbocycles. The van der Waals surface area contributed by atoms with Crippen LogP contribution in [0.3, 0.4) is 0 Å². The molecule has 0 amide bonds. The highest BCUT2D eigenvalue weighted by molar-refractivity contribution is 6.05. The van der Waals surface area contributed by atoms with E-state index < -0.39 is 40.2 Å². The number of aromatic amines is 2. The molecule has 0 aliphatic heterocycles. The maximum atomic E-state index is 13.0. The van der Waals surface area contributed by atoms with Crippen LogP contribution in [-0.2, 0) is 6.18 Å². The monoisotopic (exact) mass is 324 g/mol. The summed E-state index contributed by atoms with van der Waals surface area (Å²) in [5.74, 6) is -1.66. The Hall–Kier alpha value is -3.17. The van der Waals surface area contributed by atoms with Gasteiger partial charge in [0.15, 0.2) is 5.69 Å². The van der Waals surface area contributed by atoms with Crippen molar-refractivity contribution in [2.75, 3.05) is 0 Å². The summed E-state index contributed by atoms with van der Waals surface area (Å²) >= 11 is 0. The van der Waals surface area contributed by atoms with Crippen LogP contribution >= 0.6 is 0 Å². The largest absolute Gasteiger partial charge is 0.477 e. The molecule has 3 aromatic rings. The van der Waals surface area contributed by atoms with E-state index in [1.165, 1.54) is 18.2 Å². The number of halogens is 3. The third-order valence-corrected chi connectivity index (χ3v) is 3.19. The molecule has 0 aliphatic rings. The van der Waals surface area contributed by atoms with Crippen molar-refractivity contribution in [3.05, 3.63) is 45.9 Å². The first-order chi connectivity index (χ1) is 10.8. The van der Waals surface area contributed by atoms with E-state index in [0.29, 0.717) is 0 Å². The molecule has 0 saturated carbocycles. The van der Waals surface area contributed by atoms with E-state index in [2.05, 4.69) is 15.2 Å². The van der Waals surface area contributed by atoms with Gasteiger partial charge in [0.25, 0.3) is 5.56 Å². The average Bonchev–Trinajstić information content (AvgIpc) is 2.94. The van der Waals surface area contributed by atoms with Gasteiger partial charge >= 0.3 is 12.1 Å². The first-order valence-corrected chi connectivity index (χ1v) is 6.17. The number of carbonyl (C=O) groups is 1. The van der Waals surface area contributed by atoms with Crippen molar-refractivity contribution < 1.29 is 23.1 Å². The third kappa shape index (κ3) is 2.33. The van der Waals surface area contributed by atoms with Crippen LogP contribution in [0.4, 0.5) is 13.2 Å². The fourth-order valence-electron chi connectivity index (χ4n) is 2.30. The van der Waals surface area contributed by atoms with Crippen LogP contribution < -0.4 is 5.56 Å². The molecule has 3 rings (SSSR count). The topological polar surface area (TPSA) is 112 Å². The normalized spacial score (nSPS) is 11.8. The number of nitrogens with one attached hydrogen (secondary N) is 2. The second-order valence-corrected chi connectivity index (χ2v) is 4.57. The summed E-state index contributed by atoms with van der Waals surface area (Å²) in [6.07, 6.45) is -4.86. The first-order valence-electron chi connectivity index (χ1n) is 6.17. The van der Waals surface area contributed by atoms with Gasteiger partial charge in [-0.1, -0.05) is 18.2 Å². The molecule has 0 aliphatic carbocycles. The standard InChI is InChI=1S/C13H7F3N4O3/c14-13(15,16)10-9(18-20-19-10)7-5-3-1-2-4-6(5)17-11(21)8(7)12(22)23/h1-4H,(H,17,21)(H,22,23)(H,18,19,20). The molecule has 0 fully saturated rings. The van der Waals surface area contributed by atoms with Crippen molar-refractivity contribution in [1.29, 1.82) is 0 Å². The molecule has 0 saturated heterocycles. The second-order valence-electron chi connectivity index (χ2n) is 4.57. The molecular formula is C13H7F3N4O3. The Balaban J connectivity index is 2.50. The smallest absolute Gasteiger partial charge is 0.437 e. The number of alkyl halides is 3. The van der Waals surface area contributed by atoms with Crippen molar-refractivity contribution in [2.45, 2.75) is 6.18 Å². The molecule has 23 heavy (non-hydrogen) atoms. The Kier molecular flexibility index (Phi) is 3.17. The molecule has 3 N–H and O–H groups in total. The maximum absolute atomic E-state index is 13.0. The summed E-state index contributed by atoms with van der Waals surface area (Å²) in [6, 6.07) is 5.89. The number of hydrogen-bond donors (Lipinski definition) is 3. The highest BCUT2D eigenvalue weighted by Crippen LogP contribution is 2.37. The zero-order chi connectivity index (χ0) is 16.8. The highest BCUT2D eigenvalue weighted by Gasteiger charge is 2.39. The SMILES string of the molecule is O=C(O)c1c(-c2n[nH]nc2C(F)(F)F)c2ccccc2[nH]c1=O. The number of benzene rings is 1. The average molecular weight is 324 g/mol. The van der Waals surface area contributed by atoms with Crippen LogP contribution in [0.2, 0.25) is 0 Å². The Bertz CT molecular complexity index is 974. The number of carboxylic acid groups (broad SMARTS) is 1. The summed E-state index contributed by atoms with van der Waals surface area (Å²) in [5, 5.41) is 17.6. The van der Waals surface area contributed by atoms with Crippen molar-refractivity contribution in [3.8, 4) is 11.3 Å². The fourth-order valence-corrected chi connectivity index (χ4v) is 2.30. The number of rotatable bonds is 2. The summed E-state index contributed by atoms with van der Waals surface area (Å²) < 4.78 is 39.1.